The van der Waals surface area contributed by atoms with E-state index in [4.69, 9.17) is 4.74 Å². The molecule has 0 fully saturated rings. The van der Waals surface area contributed by atoms with Crippen molar-refractivity contribution in [2.75, 3.05) is 6.61 Å². The van der Waals surface area contributed by atoms with Crippen LogP contribution in [0.15, 0.2) is 36.7 Å². The number of benzene rings is 1. The minimum atomic E-state index is -0.223. The maximum Gasteiger partial charge on any atom is 0.159 e. The van der Waals surface area contributed by atoms with Crippen LogP contribution >= 0.6 is 0 Å². The molecule has 4 heteroatoms. The first-order valence-corrected chi connectivity index (χ1v) is 14.4. The predicted molar refractivity (Wildman–Crippen MR) is 148 cm³/mol. The van der Waals surface area contributed by atoms with Crippen LogP contribution in [0.2, 0.25) is 0 Å². The second-order valence-electron chi connectivity index (χ2n) is 10.0. The van der Waals surface area contributed by atoms with Crippen LogP contribution < -0.4 is 4.74 Å². The van der Waals surface area contributed by atoms with Gasteiger partial charge >= 0.3 is 0 Å². The molecule has 1 aromatic carbocycles. The summed E-state index contributed by atoms with van der Waals surface area (Å²) in [5.74, 6) is 1.64. The van der Waals surface area contributed by atoms with Crippen LogP contribution in [-0.4, -0.2) is 27.8 Å². The van der Waals surface area contributed by atoms with Crippen molar-refractivity contribution < 1.29 is 9.84 Å². The maximum atomic E-state index is 10.3. The smallest absolute Gasteiger partial charge is 0.159 e. The third kappa shape index (κ3) is 13.7. The summed E-state index contributed by atoms with van der Waals surface area (Å²) in [6.45, 7) is 5.29. The number of hydrogen-bond donors (Lipinski definition) is 1. The summed E-state index contributed by atoms with van der Waals surface area (Å²) in [7, 11) is 0. The molecular weight excluding hydrogens is 432 g/mol. The van der Waals surface area contributed by atoms with E-state index in [9.17, 15) is 5.11 Å². The van der Waals surface area contributed by atoms with E-state index in [0.717, 1.165) is 61.4 Å². The average molecular weight is 483 g/mol. The van der Waals surface area contributed by atoms with E-state index in [-0.39, 0.29) is 6.10 Å². The zero-order valence-corrected chi connectivity index (χ0v) is 22.5. The molecule has 35 heavy (non-hydrogen) atoms. The molecule has 1 aromatic heterocycles. The number of ether oxygens (including phenoxy) is 1. The van der Waals surface area contributed by atoms with Gasteiger partial charge in [-0.3, -0.25) is 0 Å². The van der Waals surface area contributed by atoms with Crippen molar-refractivity contribution >= 4 is 0 Å². The summed E-state index contributed by atoms with van der Waals surface area (Å²) >= 11 is 0. The van der Waals surface area contributed by atoms with Crippen molar-refractivity contribution in [3.8, 4) is 17.1 Å². The lowest BCUT2D eigenvalue weighted by molar-refractivity contribution is 0.151. The summed E-state index contributed by atoms with van der Waals surface area (Å²) in [4.78, 5) is 9.10. The number of unbranched alkanes of at least 4 members (excludes halogenated alkanes) is 12. The van der Waals surface area contributed by atoms with Crippen LogP contribution in [0.5, 0.6) is 5.75 Å². The Kier molecular flexibility index (Phi) is 16.1. The zero-order chi connectivity index (χ0) is 25.0. The number of aryl methyl sites for hydroxylation is 1. The highest BCUT2D eigenvalue weighted by molar-refractivity contribution is 5.55. The van der Waals surface area contributed by atoms with Crippen LogP contribution in [0.25, 0.3) is 11.4 Å². The lowest BCUT2D eigenvalue weighted by Crippen LogP contribution is -2.08. The van der Waals surface area contributed by atoms with Gasteiger partial charge < -0.3 is 9.84 Å². The van der Waals surface area contributed by atoms with E-state index in [0.29, 0.717) is 0 Å². The summed E-state index contributed by atoms with van der Waals surface area (Å²) in [6, 6.07) is 8.08. The molecule has 0 aliphatic carbocycles. The molecule has 0 radical (unpaired) electrons. The first-order chi connectivity index (χ1) is 17.2. The molecule has 4 nitrogen and oxygen atoms in total. The molecule has 2 aromatic rings. The molecule has 2 rings (SSSR count). The number of aliphatic hydroxyl groups excluding tert-OH is 1. The fourth-order valence-corrected chi connectivity index (χ4v) is 4.40. The second-order valence-corrected chi connectivity index (χ2v) is 10.0. The number of aliphatic hydroxyl groups is 1. The van der Waals surface area contributed by atoms with E-state index >= 15 is 0 Å². The normalized spacial score (nSPS) is 12.1. The van der Waals surface area contributed by atoms with E-state index in [1.54, 1.807) is 0 Å². The van der Waals surface area contributed by atoms with Gasteiger partial charge in [0.15, 0.2) is 5.82 Å². The Hall–Kier alpha value is -1.94. The molecule has 0 saturated carbocycles. The minimum Gasteiger partial charge on any atom is -0.494 e. The standard InChI is InChI=1S/C31H50N2O2/c1-3-5-7-9-11-12-14-16-24-35-30-22-19-28(20-23-30)31-32-25-27(26-33-31)18-21-29(34)17-15-13-10-8-6-4-2/h19-20,22-23,25-26,29,34H,3-18,21,24H2,1-2H3/t29-/m1/s1. The molecule has 1 heterocycles. The quantitative estimate of drug-likeness (QED) is 0.181. The Morgan fingerprint density at radius 1 is 0.686 bits per heavy atom. The van der Waals surface area contributed by atoms with E-state index < -0.39 is 0 Å². The van der Waals surface area contributed by atoms with Gasteiger partial charge in [0.1, 0.15) is 5.75 Å². The van der Waals surface area contributed by atoms with Gasteiger partial charge in [0.05, 0.1) is 12.7 Å². The molecule has 0 aliphatic heterocycles. The van der Waals surface area contributed by atoms with Crippen molar-refractivity contribution in [1.82, 2.24) is 9.97 Å². The predicted octanol–water partition coefficient (Wildman–Crippen LogP) is 8.71. The van der Waals surface area contributed by atoms with Crippen LogP contribution in [0, 0.1) is 0 Å². The Bertz CT molecular complexity index is 746. The SMILES string of the molecule is CCCCCCCCCCOc1ccc(-c2ncc(CC[C@H](O)CCCCCCCC)cn2)cc1. The number of rotatable bonds is 21. The van der Waals surface area contributed by atoms with Gasteiger partial charge in [0, 0.05) is 18.0 Å². The lowest BCUT2D eigenvalue weighted by atomic mass is 10.0. The second kappa shape index (κ2) is 19.3. The van der Waals surface area contributed by atoms with E-state index in [1.807, 2.05) is 36.7 Å². The zero-order valence-electron chi connectivity index (χ0n) is 22.5. The molecule has 0 spiro atoms. The fraction of sp³-hybridized carbons (Fsp3) is 0.677. The third-order valence-electron chi connectivity index (χ3n) is 6.74. The van der Waals surface area contributed by atoms with Crippen LogP contribution in [0.3, 0.4) is 0 Å². The molecule has 196 valence electrons. The largest absolute Gasteiger partial charge is 0.494 e. The first kappa shape index (κ1) is 29.3. The highest BCUT2D eigenvalue weighted by Crippen LogP contribution is 2.20. The molecule has 0 amide bonds. The number of aromatic nitrogens is 2. The summed E-state index contributed by atoms with van der Waals surface area (Å²) < 4.78 is 5.90. The first-order valence-electron chi connectivity index (χ1n) is 14.4. The van der Waals surface area contributed by atoms with Crippen molar-refractivity contribution in [2.24, 2.45) is 0 Å². The topological polar surface area (TPSA) is 55.2 Å². The van der Waals surface area contributed by atoms with Gasteiger partial charge in [-0.1, -0.05) is 97.3 Å². The van der Waals surface area contributed by atoms with Crippen molar-refractivity contribution in [3.05, 3.63) is 42.2 Å². The number of nitrogens with zero attached hydrogens (tertiary/aromatic N) is 2. The van der Waals surface area contributed by atoms with Crippen molar-refractivity contribution in [1.29, 1.82) is 0 Å². The lowest BCUT2D eigenvalue weighted by Gasteiger charge is -2.10. The van der Waals surface area contributed by atoms with Crippen molar-refractivity contribution in [3.63, 3.8) is 0 Å². The van der Waals surface area contributed by atoms with Gasteiger partial charge in [-0.15, -0.1) is 0 Å². The van der Waals surface area contributed by atoms with Crippen molar-refractivity contribution in [2.45, 2.75) is 129 Å². The molecule has 0 saturated heterocycles. The molecule has 0 bridgehead atoms. The number of hydrogen-bond acceptors (Lipinski definition) is 4. The minimum absolute atomic E-state index is 0.223. The summed E-state index contributed by atoms with van der Waals surface area (Å²) in [5, 5.41) is 10.3. The van der Waals surface area contributed by atoms with Gasteiger partial charge in [-0.05, 0) is 55.5 Å². The van der Waals surface area contributed by atoms with Gasteiger partial charge in [-0.25, -0.2) is 9.97 Å². The monoisotopic (exact) mass is 482 g/mol. The van der Waals surface area contributed by atoms with Crippen LogP contribution in [-0.2, 0) is 6.42 Å². The van der Waals surface area contributed by atoms with Gasteiger partial charge in [-0.2, -0.15) is 0 Å². The maximum absolute atomic E-state index is 10.3. The van der Waals surface area contributed by atoms with Gasteiger partial charge in [0.2, 0.25) is 0 Å². The van der Waals surface area contributed by atoms with E-state index in [1.165, 1.54) is 77.0 Å². The van der Waals surface area contributed by atoms with Crippen LogP contribution in [0.1, 0.15) is 122 Å². The molecule has 0 aliphatic rings. The fourth-order valence-electron chi connectivity index (χ4n) is 4.40. The van der Waals surface area contributed by atoms with Crippen LogP contribution in [0.4, 0.5) is 0 Å². The summed E-state index contributed by atoms with van der Waals surface area (Å²) in [6.07, 6.45) is 24.1. The molecule has 0 unspecified atom stereocenters. The third-order valence-corrected chi connectivity index (χ3v) is 6.74. The highest BCUT2D eigenvalue weighted by atomic mass is 16.5. The molecule has 1 atom stereocenters. The average Bonchev–Trinajstić information content (AvgIpc) is 2.89. The Balaban J connectivity index is 1.61. The molecular formula is C31H50N2O2. The van der Waals surface area contributed by atoms with Gasteiger partial charge in [0.25, 0.3) is 0 Å². The Labute approximate surface area is 214 Å². The Morgan fingerprint density at radius 2 is 1.23 bits per heavy atom. The highest BCUT2D eigenvalue weighted by Gasteiger charge is 2.07. The molecule has 1 N–H and O–H groups in total. The van der Waals surface area contributed by atoms with E-state index in [2.05, 4.69) is 23.8 Å². The Morgan fingerprint density at radius 3 is 1.83 bits per heavy atom. The summed E-state index contributed by atoms with van der Waals surface area (Å²) in [5.41, 5.74) is 2.08.